The summed E-state index contributed by atoms with van der Waals surface area (Å²) in [6.45, 7) is 3.71. The lowest BCUT2D eigenvalue weighted by Gasteiger charge is -2.09. The first-order chi connectivity index (χ1) is 10.1. The van der Waals surface area contributed by atoms with E-state index in [1.807, 2.05) is 6.92 Å². The molecule has 0 radical (unpaired) electrons. The third-order valence-corrected chi connectivity index (χ3v) is 5.03. The van der Waals surface area contributed by atoms with E-state index in [4.69, 9.17) is 11.6 Å². The Balaban J connectivity index is 1.72. The number of benzene rings is 1. The largest absolute Gasteiger partial charge is 0.325 e. The number of rotatable bonds is 3. The maximum Gasteiger partial charge on any atom is 0.234 e. The van der Waals surface area contributed by atoms with Crippen LogP contribution in [0.15, 0.2) is 24.3 Å². The fraction of sp³-hybridized carbons (Fsp3) is 0.333. The van der Waals surface area contributed by atoms with E-state index in [0.29, 0.717) is 5.02 Å². The number of carbonyl (C=O) groups is 1. The summed E-state index contributed by atoms with van der Waals surface area (Å²) >= 11 is 7.47. The fourth-order valence-corrected chi connectivity index (χ4v) is 3.48. The van der Waals surface area contributed by atoms with Crippen LogP contribution >= 0.6 is 22.9 Å². The molecule has 0 saturated carbocycles. The maximum atomic E-state index is 12.3. The van der Waals surface area contributed by atoms with E-state index in [-0.39, 0.29) is 11.8 Å². The molecule has 0 fully saturated rings. The van der Waals surface area contributed by atoms with E-state index in [0.717, 1.165) is 35.9 Å². The van der Waals surface area contributed by atoms with Gasteiger partial charge in [-0.2, -0.15) is 0 Å². The molecule has 110 valence electrons. The van der Waals surface area contributed by atoms with E-state index in [1.165, 1.54) is 4.88 Å². The van der Waals surface area contributed by atoms with Crippen LogP contribution in [-0.2, 0) is 17.8 Å². The van der Waals surface area contributed by atoms with Gasteiger partial charge >= 0.3 is 0 Å². The Hall–Kier alpha value is -1.43. The summed E-state index contributed by atoms with van der Waals surface area (Å²) in [7, 11) is 0. The number of halogens is 1. The summed E-state index contributed by atoms with van der Waals surface area (Å²) in [6, 6.07) is 7.11. The summed E-state index contributed by atoms with van der Waals surface area (Å²) < 4.78 is 0. The highest BCUT2D eigenvalue weighted by Gasteiger charge is 2.22. The predicted octanol–water partition coefficient (Wildman–Crippen LogP) is 3.18. The monoisotopic (exact) mass is 321 g/mol. The number of nitrogens with zero attached hydrogens (tertiary/aromatic N) is 1. The smallest absolute Gasteiger partial charge is 0.234 e. The number of thiazole rings is 1. The third kappa shape index (κ3) is 3.26. The molecule has 2 aromatic rings. The number of nitrogens with one attached hydrogen (secondary N) is 2. The minimum Gasteiger partial charge on any atom is -0.325 e. The molecule has 1 aliphatic rings. The molecule has 1 aliphatic heterocycles. The molecule has 0 saturated heterocycles. The molecule has 2 heterocycles. The van der Waals surface area contributed by atoms with E-state index in [9.17, 15) is 4.79 Å². The second-order valence-corrected chi connectivity index (χ2v) is 6.62. The van der Waals surface area contributed by atoms with Crippen LogP contribution < -0.4 is 10.6 Å². The topological polar surface area (TPSA) is 54.0 Å². The molecule has 0 spiro atoms. The van der Waals surface area contributed by atoms with Crippen molar-refractivity contribution in [3.05, 3.63) is 44.9 Å². The van der Waals surface area contributed by atoms with E-state index in [1.54, 1.807) is 35.6 Å². The quantitative estimate of drug-likeness (QED) is 0.913. The van der Waals surface area contributed by atoms with Gasteiger partial charge in [-0.3, -0.25) is 4.79 Å². The Bertz CT molecular complexity index is 630. The SMILES string of the molecule is CC(C(=O)Nc1ccc(Cl)cc1)c1nc2c(s1)CNCC2. The van der Waals surface area contributed by atoms with Gasteiger partial charge in [0.1, 0.15) is 5.01 Å². The second kappa shape index (κ2) is 6.13. The zero-order valence-electron chi connectivity index (χ0n) is 11.6. The molecule has 1 amide bonds. The van der Waals surface area contributed by atoms with Crippen molar-refractivity contribution in [2.75, 3.05) is 11.9 Å². The van der Waals surface area contributed by atoms with Crippen molar-refractivity contribution in [3.8, 4) is 0 Å². The average molecular weight is 322 g/mol. The number of anilines is 1. The first-order valence-electron chi connectivity index (χ1n) is 6.89. The first kappa shape index (κ1) is 14.5. The predicted molar refractivity (Wildman–Crippen MR) is 86.0 cm³/mol. The molecular weight excluding hydrogens is 306 g/mol. The summed E-state index contributed by atoms with van der Waals surface area (Å²) in [4.78, 5) is 18.2. The minimum absolute atomic E-state index is 0.0450. The molecule has 2 N–H and O–H groups in total. The molecule has 21 heavy (non-hydrogen) atoms. The molecule has 0 bridgehead atoms. The highest BCUT2D eigenvalue weighted by Crippen LogP contribution is 2.28. The molecule has 4 nitrogen and oxygen atoms in total. The number of carbonyl (C=O) groups excluding carboxylic acids is 1. The molecule has 3 rings (SSSR count). The highest BCUT2D eigenvalue weighted by atomic mass is 35.5. The van der Waals surface area contributed by atoms with Crippen molar-refractivity contribution in [1.29, 1.82) is 0 Å². The van der Waals surface area contributed by atoms with Gasteiger partial charge < -0.3 is 10.6 Å². The van der Waals surface area contributed by atoms with Crippen molar-refractivity contribution in [2.45, 2.75) is 25.8 Å². The standard InChI is InChI=1S/C15H16ClN3OS/c1-9(14(20)18-11-4-2-10(16)3-5-11)15-19-12-6-7-17-8-13(12)21-15/h2-5,9,17H,6-8H2,1H3,(H,18,20). The van der Waals surface area contributed by atoms with Gasteiger partial charge in [0.25, 0.3) is 0 Å². The third-order valence-electron chi connectivity index (χ3n) is 3.49. The minimum atomic E-state index is -0.253. The molecule has 1 atom stereocenters. The lowest BCUT2D eigenvalue weighted by atomic mass is 10.1. The lowest BCUT2D eigenvalue weighted by Crippen LogP contribution is -2.22. The first-order valence-corrected chi connectivity index (χ1v) is 8.08. The van der Waals surface area contributed by atoms with Gasteiger partial charge in [-0.25, -0.2) is 4.98 Å². The number of hydrogen-bond acceptors (Lipinski definition) is 4. The molecule has 1 unspecified atom stereocenters. The Labute approximate surface area is 132 Å². The molecule has 1 aromatic carbocycles. The number of aromatic nitrogens is 1. The van der Waals surface area contributed by atoms with Crippen LogP contribution in [0.2, 0.25) is 5.02 Å². The van der Waals surface area contributed by atoms with Crippen molar-refractivity contribution >= 4 is 34.5 Å². The van der Waals surface area contributed by atoms with Gasteiger partial charge in [-0.1, -0.05) is 11.6 Å². The van der Waals surface area contributed by atoms with Gasteiger partial charge in [-0.15, -0.1) is 11.3 Å². The van der Waals surface area contributed by atoms with Crippen LogP contribution in [0.3, 0.4) is 0 Å². The summed E-state index contributed by atoms with van der Waals surface area (Å²) in [5.41, 5.74) is 1.89. The zero-order chi connectivity index (χ0) is 14.8. The Morgan fingerprint density at radius 1 is 1.43 bits per heavy atom. The zero-order valence-corrected chi connectivity index (χ0v) is 13.2. The van der Waals surface area contributed by atoms with Crippen molar-refractivity contribution < 1.29 is 4.79 Å². The van der Waals surface area contributed by atoms with Crippen molar-refractivity contribution in [1.82, 2.24) is 10.3 Å². The van der Waals surface area contributed by atoms with Crippen molar-refractivity contribution in [3.63, 3.8) is 0 Å². The van der Waals surface area contributed by atoms with Crippen LogP contribution in [0.5, 0.6) is 0 Å². The van der Waals surface area contributed by atoms with Gasteiger partial charge in [-0.05, 0) is 31.2 Å². The van der Waals surface area contributed by atoms with Crippen LogP contribution in [-0.4, -0.2) is 17.4 Å². The van der Waals surface area contributed by atoms with Crippen LogP contribution in [0, 0.1) is 0 Å². The van der Waals surface area contributed by atoms with E-state index in [2.05, 4.69) is 15.6 Å². The molecule has 6 heteroatoms. The summed E-state index contributed by atoms with van der Waals surface area (Å²) in [6.07, 6.45) is 0.942. The molecule has 1 aromatic heterocycles. The van der Waals surface area contributed by atoms with Gasteiger partial charge in [0.05, 0.1) is 11.6 Å². The Kier molecular flexibility index (Phi) is 4.24. The van der Waals surface area contributed by atoms with Crippen LogP contribution in [0.25, 0.3) is 0 Å². The van der Waals surface area contributed by atoms with Gasteiger partial charge in [0.15, 0.2) is 0 Å². The second-order valence-electron chi connectivity index (χ2n) is 5.07. The lowest BCUT2D eigenvalue weighted by molar-refractivity contribution is -0.117. The number of amides is 1. The van der Waals surface area contributed by atoms with E-state index < -0.39 is 0 Å². The Morgan fingerprint density at radius 3 is 2.90 bits per heavy atom. The average Bonchev–Trinajstić information content (AvgIpc) is 2.92. The maximum absolute atomic E-state index is 12.3. The summed E-state index contributed by atoms with van der Waals surface area (Å²) in [5, 5.41) is 7.76. The highest BCUT2D eigenvalue weighted by molar-refractivity contribution is 7.12. The van der Waals surface area contributed by atoms with Gasteiger partial charge in [0, 0.05) is 35.1 Å². The van der Waals surface area contributed by atoms with Crippen LogP contribution in [0.1, 0.15) is 28.4 Å². The number of fused-ring (bicyclic) bond motifs is 1. The fourth-order valence-electron chi connectivity index (χ4n) is 2.23. The van der Waals surface area contributed by atoms with E-state index >= 15 is 0 Å². The van der Waals surface area contributed by atoms with Crippen LogP contribution in [0.4, 0.5) is 5.69 Å². The summed E-state index contributed by atoms with van der Waals surface area (Å²) in [5.74, 6) is -0.298. The normalized spacial score (nSPS) is 15.3. The van der Waals surface area contributed by atoms with Crippen molar-refractivity contribution in [2.24, 2.45) is 0 Å². The Morgan fingerprint density at radius 2 is 2.19 bits per heavy atom. The number of hydrogen-bond donors (Lipinski definition) is 2. The molecule has 0 aliphatic carbocycles. The molecular formula is C15H16ClN3OS. The van der Waals surface area contributed by atoms with Gasteiger partial charge in [0.2, 0.25) is 5.91 Å².